The van der Waals surface area contributed by atoms with Gasteiger partial charge in [0, 0.05) is 30.1 Å². The van der Waals surface area contributed by atoms with Crippen LogP contribution in [0.5, 0.6) is 0 Å². The van der Waals surface area contributed by atoms with E-state index >= 15 is 0 Å². The highest BCUT2D eigenvalue weighted by Crippen LogP contribution is 2.15. The highest BCUT2D eigenvalue weighted by atomic mass is 15.0. The summed E-state index contributed by atoms with van der Waals surface area (Å²) in [6, 6.07) is 6.37. The van der Waals surface area contributed by atoms with E-state index in [4.69, 9.17) is 0 Å². The smallest absolute Gasteiger partial charge is 0.156 e. The molecule has 22 heavy (non-hydrogen) atoms. The topological polar surface area (TPSA) is 66.3 Å². The highest BCUT2D eigenvalue weighted by Gasteiger charge is 2.05. The molecule has 0 radical (unpaired) electrons. The maximum Gasteiger partial charge on any atom is 0.156 e. The van der Waals surface area contributed by atoms with Crippen LogP contribution in [0.2, 0.25) is 0 Å². The lowest BCUT2D eigenvalue weighted by atomic mass is 10.1. The molecule has 0 aliphatic carbocycles. The first-order chi connectivity index (χ1) is 10.7. The van der Waals surface area contributed by atoms with E-state index in [1.165, 1.54) is 0 Å². The lowest BCUT2D eigenvalue weighted by molar-refractivity contribution is 1.02. The number of hydrogen-bond acceptors (Lipinski definition) is 4. The molecule has 0 aliphatic rings. The van der Waals surface area contributed by atoms with Gasteiger partial charge in [-0.05, 0) is 37.1 Å². The third kappa shape index (κ3) is 2.28. The van der Waals surface area contributed by atoms with Crippen molar-refractivity contribution in [3.8, 4) is 0 Å². The summed E-state index contributed by atoms with van der Waals surface area (Å²) in [6.45, 7) is 4.11. The molecule has 0 unspecified atom stereocenters. The van der Waals surface area contributed by atoms with Crippen LogP contribution in [0.1, 0.15) is 19.4 Å². The van der Waals surface area contributed by atoms with Crippen LogP contribution < -0.4 is 16.2 Å². The van der Waals surface area contributed by atoms with Crippen LogP contribution in [0, 0.1) is 0 Å². The van der Waals surface area contributed by atoms with Gasteiger partial charge in [-0.15, -0.1) is 0 Å². The van der Waals surface area contributed by atoms with Crippen LogP contribution >= 0.6 is 0 Å². The van der Waals surface area contributed by atoms with E-state index in [-0.39, 0.29) is 0 Å². The first-order valence-electron chi connectivity index (χ1n) is 7.39. The van der Waals surface area contributed by atoms with Gasteiger partial charge < -0.3 is 4.98 Å². The average Bonchev–Trinajstić information content (AvgIpc) is 2.57. The SMILES string of the molecule is C/C=c1/cc2cc3cc(CC)c(=NC)nc3[nH]c2nc1=NC. The van der Waals surface area contributed by atoms with Crippen molar-refractivity contribution in [1.82, 2.24) is 15.0 Å². The van der Waals surface area contributed by atoms with Crippen molar-refractivity contribution in [2.24, 2.45) is 9.98 Å². The van der Waals surface area contributed by atoms with Gasteiger partial charge in [-0.2, -0.15) is 0 Å². The molecule has 0 fully saturated rings. The Kier molecular flexibility index (Phi) is 3.71. The van der Waals surface area contributed by atoms with Crippen molar-refractivity contribution < 1.29 is 0 Å². The minimum atomic E-state index is 0.733. The van der Waals surface area contributed by atoms with Crippen LogP contribution in [0.4, 0.5) is 0 Å². The molecule has 112 valence electrons. The van der Waals surface area contributed by atoms with E-state index in [9.17, 15) is 0 Å². The quantitative estimate of drug-likeness (QED) is 0.686. The van der Waals surface area contributed by atoms with Crippen molar-refractivity contribution in [3.05, 3.63) is 40.0 Å². The van der Waals surface area contributed by atoms with E-state index in [2.05, 4.69) is 50.1 Å². The third-order valence-corrected chi connectivity index (χ3v) is 3.83. The number of hydrogen-bond donors (Lipinski definition) is 1. The highest BCUT2D eigenvalue weighted by molar-refractivity contribution is 5.89. The van der Waals surface area contributed by atoms with Crippen molar-refractivity contribution in [3.63, 3.8) is 0 Å². The van der Waals surface area contributed by atoms with Gasteiger partial charge in [0.15, 0.2) is 11.0 Å². The maximum atomic E-state index is 4.61. The van der Waals surface area contributed by atoms with Gasteiger partial charge in [-0.25, -0.2) is 9.97 Å². The van der Waals surface area contributed by atoms with Gasteiger partial charge >= 0.3 is 0 Å². The molecule has 3 rings (SSSR count). The number of aryl methyl sites for hydroxylation is 1. The summed E-state index contributed by atoms with van der Waals surface area (Å²) in [5.41, 5.74) is 4.25. The van der Waals surface area contributed by atoms with Crippen molar-refractivity contribution >= 4 is 28.1 Å². The zero-order chi connectivity index (χ0) is 15.7. The third-order valence-electron chi connectivity index (χ3n) is 3.83. The Labute approximate surface area is 128 Å². The average molecular weight is 293 g/mol. The number of H-pyrrole nitrogens is 1. The molecule has 0 aliphatic heterocycles. The molecule has 1 N–H and O–H groups in total. The second kappa shape index (κ2) is 5.67. The Bertz CT molecular complexity index is 1040. The van der Waals surface area contributed by atoms with Crippen LogP contribution in [0.3, 0.4) is 0 Å². The first kappa shape index (κ1) is 14.4. The monoisotopic (exact) mass is 293 g/mol. The van der Waals surface area contributed by atoms with Crippen LogP contribution in [-0.4, -0.2) is 29.0 Å². The first-order valence-corrected chi connectivity index (χ1v) is 7.39. The molecule has 0 spiro atoms. The Balaban J connectivity index is 2.46. The minimum absolute atomic E-state index is 0.733. The van der Waals surface area contributed by atoms with Crippen molar-refractivity contribution in [2.45, 2.75) is 20.3 Å². The van der Waals surface area contributed by atoms with Gasteiger partial charge in [0.2, 0.25) is 0 Å². The molecule has 0 aromatic carbocycles. The maximum absolute atomic E-state index is 4.61. The molecular weight excluding hydrogens is 274 g/mol. The molecule has 3 heterocycles. The molecule has 0 saturated heterocycles. The number of aromatic nitrogens is 3. The number of nitrogens with one attached hydrogen (secondary N) is 1. The van der Waals surface area contributed by atoms with Gasteiger partial charge in [0.05, 0.1) is 0 Å². The summed E-state index contributed by atoms with van der Waals surface area (Å²) in [7, 11) is 3.52. The molecule has 0 bridgehead atoms. The fourth-order valence-electron chi connectivity index (χ4n) is 2.64. The second-order valence-electron chi connectivity index (χ2n) is 5.11. The molecule has 3 aromatic rings. The number of nitrogens with zero attached hydrogens (tertiary/aromatic N) is 4. The normalized spacial score (nSPS) is 14.5. The zero-order valence-corrected chi connectivity index (χ0v) is 13.3. The molecule has 5 heteroatoms. The van der Waals surface area contributed by atoms with Crippen molar-refractivity contribution in [2.75, 3.05) is 14.1 Å². The zero-order valence-electron chi connectivity index (χ0n) is 13.3. The summed E-state index contributed by atoms with van der Waals surface area (Å²) < 4.78 is 0. The second-order valence-corrected chi connectivity index (χ2v) is 5.11. The molecule has 3 aromatic heterocycles. The van der Waals surface area contributed by atoms with E-state index in [1.54, 1.807) is 14.1 Å². The van der Waals surface area contributed by atoms with Gasteiger partial charge in [-0.3, -0.25) is 9.98 Å². The fraction of sp³-hybridized carbons (Fsp3) is 0.294. The van der Waals surface area contributed by atoms with Gasteiger partial charge in [0.1, 0.15) is 11.3 Å². The fourth-order valence-corrected chi connectivity index (χ4v) is 2.64. The minimum Gasteiger partial charge on any atom is -0.324 e. The Morgan fingerprint density at radius 1 is 1.00 bits per heavy atom. The van der Waals surface area contributed by atoms with E-state index in [0.717, 1.165) is 50.2 Å². The lowest BCUT2D eigenvalue weighted by Gasteiger charge is -2.05. The lowest BCUT2D eigenvalue weighted by Crippen LogP contribution is -2.28. The number of rotatable bonds is 1. The molecule has 0 atom stereocenters. The number of fused-ring (bicyclic) bond motifs is 2. The Morgan fingerprint density at radius 3 is 2.23 bits per heavy atom. The largest absolute Gasteiger partial charge is 0.324 e. The Hall–Kier alpha value is -2.56. The summed E-state index contributed by atoms with van der Waals surface area (Å²) >= 11 is 0. The van der Waals surface area contributed by atoms with E-state index in [0.29, 0.717) is 0 Å². The Morgan fingerprint density at radius 2 is 1.64 bits per heavy atom. The van der Waals surface area contributed by atoms with Crippen molar-refractivity contribution in [1.29, 1.82) is 0 Å². The van der Waals surface area contributed by atoms with E-state index in [1.807, 2.05) is 13.0 Å². The number of pyridine rings is 3. The standard InChI is InChI=1S/C17H19N5/c1-5-10-7-12-9-13-8-11(6-2)15(19-4)21-17(13)22-16(12)20-14(10)18-3/h5,7-9H,6H2,1-4H3,(H,18,19,20,21,22)/b10-5-. The summed E-state index contributed by atoms with van der Waals surface area (Å²) in [6.07, 6.45) is 2.93. The predicted octanol–water partition coefficient (Wildman–Crippen LogP) is 1.25. The molecule has 5 nitrogen and oxygen atoms in total. The number of aromatic amines is 1. The molecular formula is C17H19N5. The summed E-state index contributed by atoms with van der Waals surface area (Å²) in [5.74, 6) is 0. The van der Waals surface area contributed by atoms with Gasteiger partial charge in [-0.1, -0.05) is 13.0 Å². The van der Waals surface area contributed by atoms with E-state index < -0.39 is 0 Å². The van der Waals surface area contributed by atoms with Crippen LogP contribution in [0.15, 0.2) is 28.2 Å². The predicted molar refractivity (Wildman–Crippen MR) is 89.1 cm³/mol. The van der Waals surface area contributed by atoms with Crippen LogP contribution in [0.25, 0.3) is 28.1 Å². The molecule has 0 saturated carbocycles. The summed E-state index contributed by atoms with van der Waals surface area (Å²) in [4.78, 5) is 21.0. The summed E-state index contributed by atoms with van der Waals surface area (Å²) in [5, 5.41) is 3.16. The van der Waals surface area contributed by atoms with Gasteiger partial charge in [0.25, 0.3) is 0 Å². The van der Waals surface area contributed by atoms with Crippen LogP contribution in [-0.2, 0) is 6.42 Å². The molecule has 0 amide bonds.